The predicted molar refractivity (Wildman–Crippen MR) is 81.7 cm³/mol. The first kappa shape index (κ1) is 16.2. The Bertz CT molecular complexity index is 383. The maximum atomic E-state index is 12.2. The molecule has 0 aromatic rings. The largest absolute Gasteiger partial charge is 0.302 e. The molecule has 1 N–H and O–H groups in total. The molecular weight excluding hydrogens is 274 g/mol. The van der Waals surface area contributed by atoms with Crippen molar-refractivity contribution < 1.29 is 8.42 Å². The number of hydrogen-bond acceptors (Lipinski definition) is 3. The molecule has 2 saturated heterocycles. The van der Waals surface area contributed by atoms with Crippen LogP contribution in [-0.2, 0) is 10.2 Å². The summed E-state index contributed by atoms with van der Waals surface area (Å²) in [5.74, 6) is 1.47. The minimum atomic E-state index is -3.26. The fourth-order valence-corrected chi connectivity index (χ4v) is 4.16. The highest BCUT2D eigenvalue weighted by molar-refractivity contribution is 7.87. The zero-order valence-corrected chi connectivity index (χ0v) is 13.7. The van der Waals surface area contributed by atoms with Crippen LogP contribution in [0.1, 0.15) is 39.5 Å². The Morgan fingerprint density at radius 2 is 1.45 bits per heavy atom. The molecule has 2 rings (SSSR count). The Hall–Kier alpha value is -0.170. The number of hydrogen-bond donors (Lipinski definition) is 1. The molecule has 2 heterocycles. The Balaban J connectivity index is 1.70. The van der Waals surface area contributed by atoms with Crippen molar-refractivity contribution in [2.24, 2.45) is 11.8 Å². The third-order valence-electron chi connectivity index (χ3n) is 4.67. The summed E-state index contributed by atoms with van der Waals surface area (Å²) in [4.78, 5) is 2.36. The number of piperidine rings is 2. The van der Waals surface area contributed by atoms with Crippen LogP contribution in [0.4, 0.5) is 0 Å². The van der Waals surface area contributed by atoms with E-state index in [1.54, 1.807) is 4.31 Å². The van der Waals surface area contributed by atoms with Crippen LogP contribution in [0.3, 0.4) is 0 Å². The van der Waals surface area contributed by atoms with Crippen molar-refractivity contribution in [1.82, 2.24) is 13.9 Å². The molecule has 0 aliphatic carbocycles. The Labute approximate surface area is 123 Å². The van der Waals surface area contributed by atoms with E-state index in [0.29, 0.717) is 25.6 Å². The first-order chi connectivity index (χ1) is 9.47. The van der Waals surface area contributed by atoms with Crippen LogP contribution in [0.15, 0.2) is 0 Å². The van der Waals surface area contributed by atoms with Crippen molar-refractivity contribution in [2.75, 3.05) is 39.3 Å². The van der Waals surface area contributed by atoms with E-state index in [2.05, 4.69) is 23.5 Å². The van der Waals surface area contributed by atoms with Crippen LogP contribution in [0.25, 0.3) is 0 Å². The molecule has 0 aromatic carbocycles. The van der Waals surface area contributed by atoms with Gasteiger partial charge in [0, 0.05) is 26.2 Å². The third-order valence-corrected chi connectivity index (χ3v) is 6.29. The smallest absolute Gasteiger partial charge is 0.279 e. The third kappa shape index (κ3) is 4.69. The topological polar surface area (TPSA) is 52.7 Å². The van der Waals surface area contributed by atoms with E-state index in [9.17, 15) is 8.42 Å². The van der Waals surface area contributed by atoms with Gasteiger partial charge in [0.1, 0.15) is 0 Å². The second-order valence-electron chi connectivity index (χ2n) is 6.51. The molecule has 0 bridgehead atoms. The zero-order valence-electron chi connectivity index (χ0n) is 12.8. The van der Waals surface area contributed by atoms with E-state index in [1.807, 2.05) is 0 Å². The van der Waals surface area contributed by atoms with Crippen molar-refractivity contribution in [3.05, 3.63) is 0 Å². The predicted octanol–water partition coefficient (Wildman–Crippen LogP) is 1.28. The van der Waals surface area contributed by atoms with Gasteiger partial charge in [-0.25, -0.2) is 4.72 Å². The molecule has 0 spiro atoms. The highest BCUT2D eigenvalue weighted by atomic mass is 32.2. The lowest BCUT2D eigenvalue weighted by Gasteiger charge is -2.31. The van der Waals surface area contributed by atoms with Gasteiger partial charge in [-0.05, 0) is 50.6 Å². The van der Waals surface area contributed by atoms with Gasteiger partial charge in [0.25, 0.3) is 10.2 Å². The van der Waals surface area contributed by atoms with E-state index < -0.39 is 10.2 Å². The van der Waals surface area contributed by atoms with Crippen LogP contribution in [-0.4, -0.2) is 56.9 Å². The summed E-state index contributed by atoms with van der Waals surface area (Å²) in [7, 11) is -3.26. The van der Waals surface area contributed by atoms with Gasteiger partial charge in [-0.2, -0.15) is 12.7 Å². The summed E-state index contributed by atoms with van der Waals surface area (Å²) in [6, 6.07) is 0. The number of likely N-dealkylation sites (tertiary alicyclic amines) is 1. The van der Waals surface area contributed by atoms with Gasteiger partial charge >= 0.3 is 0 Å². The Kier molecular flexibility index (Phi) is 5.84. The highest BCUT2D eigenvalue weighted by Gasteiger charge is 2.26. The molecule has 0 radical (unpaired) electrons. The van der Waals surface area contributed by atoms with Crippen molar-refractivity contribution in [1.29, 1.82) is 0 Å². The number of nitrogens with zero attached hydrogens (tertiary/aromatic N) is 2. The highest BCUT2D eigenvalue weighted by Crippen LogP contribution is 2.18. The average molecular weight is 303 g/mol. The lowest BCUT2D eigenvalue weighted by Crippen LogP contribution is -2.47. The summed E-state index contributed by atoms with van der Waals surface area (Å²) in [6.45, 7) is 9.37. The molecule has 0 atom stereocenters. The van der Waals surface area contributed by atoms with Crippen LogP contribution in [0, 0.1) is 11.8 Å². The summed E-state index contributed by atoms with van der Waals surface area (Å²) in [5, 5.41) is 0. The summed E-state index contributed by atoms with van der Waals surface area (Å²) < 4.78 is 28.7. The van der Waals surface area contributed by atoms with Gasteiger partial charge < -0.3 is 4.90 Å². The number of rotatable bonds is 5. The molecule has 0 saturated carbocycles. The van der Waals surface area contributed by atoms with Gasteiger partial charge in [0.15, 0.2) is 0 Å². The number of nitrogens with one attached hydrogen (secondary N) is 1. The van der Waals surface area contributed by atoms with Crippen LogP contribution >= 0.6 is 0 Å². The van der Waals surface area contributed by atoms with E-state index in [0.717, 1.165) is 38.4 Å². The molecule has 6 heteroatoms. The van der Waals surface area contributed by atoms with Gasteiger partial charge in [0.2, 0.25) is 0 Å². The molecule has 0 aromatic heterocycles. The molecule has 2 aliphatic heterocycles. The Morgan fingerprint density at radius 1 is 0.950 bits per heavy atom. The van der Waals surface area contributed by atoms with Crippen molar-refractivity contribution in [2.45, 2.75) is 39.5 Å². The second kappa shape index (κ2) is 7.20. The molecule has 0 amide bonds. The van der Waals surface area contributed by atoms with E-state index in [-0.39, 0.29) is 0 Å². The maximum Gasteiger partial charge on any atom is 0.279 e. The molecule has 2 fully saturated rings. The van der Waals surface area contributed by atoms with Gasteiger partial charge in [-0.3, -0.25) is 0 Å². The zero-order chi connectivity index (χ0) is 14.6. The average Bonchev–Trinajstić information content (AvgIpc) is 2.41. The van der Waals surface area contributed by atoms with Crippen molar-refractivity contribution >= 4 is 10.2 Å². The summed E-state index contributed by atoms with van der Waals surface area (Å²) in [5.41, 5.74) is 0. The maximum absolute atomic E-state index is 12.2. The molecule has 5 nitrogen and oxygen atoms in total. The van der Waals surface area contributed by atoms with Gasteiger partial charge in [-0.15, -0.1) is 0 Å². The summed E-state index contributed by atoms with van der Waals surface area (Å²) in [6.07, 6.45) is 4.42. The minimum absolute atomic E-state index is 0.531. The molecule has 0 unspecified atom stereocenters. The molecule has 20 heavy (non-hydrogen) atoms. The monoisotopic (exact) mass is 303 g/mol. The lowest BCUT2D eigenvalue weighted by atomic mass is 9.99. The first-order valence-corrected chi connectivity index (χ1v) is 9.38. The van der Waals surface area contributed by atoms with Crippen LogP contribution in [0.5, 0.6) is 0 Å². The second-order valence-corrected chi connectivity index (χ2v) is 8.26. The quantitative estimate of drug-likeness (QED) is 0.832. The first-order valence-electron chi connectivity index (χ1n) is 7.94. The van der Waals surface area contributed by atoms with E-state index in [4.69, 9.17) is 0 Å². The van der Waals surface area contributed by atoms with Crippen molar-refractivity contribution in [3.8, 4) is 0 Å². The Morgan fingerprint density at radius 3 is 2.00 bits per heavy atom. The van der Waals surface area contributed by atoms with Crippen LogP contribution in [0.2, 0.25) is 0 Å². The van der Waals surface area contributed by atoms with E-state index >= 15 is 0 Å². The fraction of sp³-hybridized carbons (Fsp3) is 1.00. The van der Waals surface area contributed by atoms with Crippen molar-refractivity contribution in [3.63, 3.8) is 0 Å². The molecular formula is C14H29N3O2S. The standard InChI is InChI=1S/C14H29N3O2S/c1-13-3-8-16(9-4-13)12-7-15-20(18,19)17-10-5-14(2)6-11-17/h13-15H,3-12H2,1-2H3. The fourth-order valence-electron chi connectivity index (χ4n) is 2.93. The minimum Gasteiger partial charge on any atom is -0.302 e. The van der Waals surface area contributed by atoms with Gasteiger partial charge in [-0.1, -0.05) is 13.8 Å². The molecule has 118 valence electrons. The normalized spacial score (nSPS) is 25.1. The van der Waals surface area contributed by atoms with E-state index in [1.165, 1.54) is 12.8 Å². The lowest BCUT2D eigenvalue weighted by molar-refractivity contribution is 0.195. The van der Waals surface area contributed by atoms with Crippen LogP contribution < -0.4 is 4.72 Å². The van der Waals surface area contributed by atoms with Gasteiger partial charge in [0.05, 0.1) is 0 Å². The SMILES string of the molecule is CC1CCN(CCNS(=O)(=O)N2CCC(C)CC2)CC1. The molecule has 2 aliphatic rings. The summed E-state index contributed by atoms with van der Waals surface area (Å²) >= 11 is 0.